The predicted octanol–water partition coefficient (Wildman–Crippen LogP) is -0.199. The first-order valence-corrected chi connectivity index (χ1v) is 6.36. The highest BCUT2D eigenvalue weighted by Gasteiger charge is 2.26. The highest BCUT2D eigenvalue weighted by Crippen LogP contribution is 2.11. The van der Waals surface area contributed by atoms with Crippen LogP contribution < -0.4 is 16.4 Å². The van der Waals surface area contributed by atoms with Gasteiger partial charge in [-0.3, -0.25) is 9.59 Å². The van der Waals surface area contributed by atoms with E-state index in [9.17, 15) is 9.59 Å². The second-order valence-corrected chi connectivity index (χ2v) is 5.03. The summed E-state index contributed by atoms with van der Waals surface area (Å²) in [4.78, 5) is 23.2. The molecule has 19 heavy (non-hydrogen) atoms. The Morgan fingerprint density at radius 2 is 2.05 bits per heavy atom. The van der Waals surface area contributed by atoms with Gasteiger partial charge in [0.05, 0.1) is 24.7 Å². The number of amides is 2. The lowest BCUT2D eigenvalue weighted by atomic mass is 10.1. The van der Waals surface area contributed by atoms with E-state index in [1.807, 2.05) is 20.8 Å². The molecular formula is C12H24ClN3O3. The molecule has 0 spiro atoms. The Bertz CT molecular complexity index is 313. The average molecular weight is 294 g/mol. The normalized spacial score (nSPS) is 23.6. The molecule has 1 fully saturated rings. The van der Waals surface area contributed by atoms with Gasteiger partial charge in [0.15, 0.2) is 0 Å². The van der Waals surface area contributed by atoms with Crippen LogP contribution in [0.1, 0.15) is 27.2 Å². The molecule has 112 valence electrons. The molecule has 0 aromatic rings. The van der Waals surface area contributed by atoms with E-state index >= 15 is 0 Å². The molecule has 6 nitrogen and oxygen atoms in total. The van der Waals surface area contributed by atoms with E-state index < -0.39 is 6.04 Å². The largest absolute Gasteiger partial charge is 0.376 e. The van der Waals surface area contributed by atoms with Gasteiger partial charge >= 0.3 is 0 Å². The molecule has 0 aromatic heterocycles. The first-order chi connectivity index (χ1) is 8.41. The van der Waals surface area contributed by atoms with Crippen molar-refractivity contribution in [1.29, 1.82) is 0 Å². The van der Waals surface area contributed by atoms with Gasteiger partial charge < -0.3 is 21.1 Å². The van der Waals surface area contributed by atoms with Gasteiger partial charge in [-0.05, 0) is 19.3 Å². The summed E-state index contributed by atoms with van der Waals surface area (Å²) in [5.41, 5.74) is 5.67. The van der Waals surface area contributed by atoms with Gasteiger partial charge in [0.1, 0.15) is 0 Å². The van der Waals surface area contributed by atoms with Crippen molar-refractivity contribution in [3.63, 3.8) is 0 Å². The van der Waals surface area contributed by atoms with Crippen molar-refractivity contribution < 1.29 is 14.3 Å². The Morgan fingerprint density at radius 3 is 2.53 bits per heavy atom. The third kappa shape index (κ3) is 5.76. The lowest BCUT2D eigenvalue weighted by Gasteiger charge is -2.18. The van der Waals surface area contributed by atoms with Crippen LogP contribution in [0, 0.1) is 5.92 Å². The summed E-state index contributed by atoms with van der Waals surface area (Å²) in [6.07, 6.45) is 0.842. The lowest BCUT2D eigenvalue weighted by Crippen LogP contribution is -2.49. The van der Waals surface area contributed by atoms with Crippen LogP contribution in [0.5, 0.6) is 0 Å². The fourth-order valence-electron chi connectivity index (χ4n) is 1.77. The molecule has 2 unspecified atom stereocenters. The number of hydrogen-bond donors (Lipinski definition) is 3. The molecule has 2 amide bonds. The number of nitrogens with two attached hydrogens (primary N) is 1. The van der Waals surface area contributed by atoms with Gasteiger partial charge in [0.2, 0.25) is 11.8 Å². The molecule has 0 aromatic carbocycles. The summed E-state index contributed by atoms with van der Waals surface area (Å²) in [6.45, 7) is 6.27. The van der Waals surface area contributed by atoms with Crippen LogP contribution in [0.25, 0.3) is 0 Å². The third-order valence-corrected chi connectivity index (χ3v) is 3.17. The number of ether oxygens (including phenoxy) is 1. The minimum absolute atomic E-state index is 0. The quantitative estimate of drug-likeness (QED) is 0.654. The highest BCUT2D eigenvalue weighted by molar-refractivity contribution is 5.87. The van der Waals surface area contributed by atoms with Crippen molar-refractivity contribution in [2.75, 3.05) is 13.2 Å². The van der Waals surface area contributed by atoms with Gasteiger partial charge in [-0.25, -0.2) is 0 Å². The van der Waals surface area contributed by atoms with Gasteiger partial charge in [0.25, 0.3) is 0 Å². The van der Waals surface area contributed by atoms with Crippen LogP contribution >= 0.6 is 12.4 Å². The number of carbonyl (C=O) groups excluding carboxylic acids is 2. The van der Waals surface area contributed by atoms with Gasteiger partial charge in [0, 0.05) is 6.61 Å². The fraction of sp³-hybridized carbons (Fsp3) is 0.833. The molecule has 1 aliphatic rings. The first-order valence-electron chi connectivity index (χ1n) is 6.36. The van der Waals surface area contributed by atoms with Crippen molar-refractivity contribution >= 4 is 24.2 Å². The maximum absolute atomic E-state index is 11.6. The van der Waals surface area contributed by atoms with Gasteiger partial charge in [-0.1, -0.05) is 13.8 Å². The number of nitrogens with one attached hydrogen (secondary N) is 2. The van der Waals surface area contributed by atoms with E-state index in [4.69, 9.17) is 10.5 Å². The molecule has 7 heteroatoms. The zero-order valence-corrected chi connectivity index (χ0v) is 12.5. The molecule has 0 radical (unpaired) electrons. The van der Waals surface area contributed by atoms with Crippen LogP contribution in [0.15, 0.2) is 0 Å². The second kappa shape index (κ2) is 8.35. The lowest BCUT2D eigenvalue weighted by molar-refractivity contribution is -0.127. The molecule has 0 aliphatic carbocycles. The van der Waals surface area contributed by atoms with Crippen molar-refractivity contribution in [3.05, 3.63) is 0 Å². The highest BCUT2D eigenvalue weighted by atomic mass is 35.5. The average Bonchev–Trinajstić information content (AvgIpc) is 2.70. The molecule has 0 bridgehead atoms. The molecule has 4 N–H and O–H groups in total. The van der Waals surface area contributed by atoms with E-state index in [1.165, 1.54) is 0 Å². The second-order valence-electron chi connectivity index (χ2n) is 5.03. The molecule has 3 atom stereocenters. The summed E-state index contributed by atoms with van der Waals surface area (Å²) in [5, 5.41) is 5.37. The Morgan fingerprint density at radius 1 is 1.42 bits per heavy atom. The molecule has 0 saturated carbocycles. The van der Waals surface area contributed by atoms with Crippen molar-refractivity contribution in [2.45, 2.75) is 45.4 Å². The van der Waals surface area contributed by atoms with E-state index in [2.05, 4.69) is 10.6 Å². The number of carbonyl (C=O) groups is 2. The summed E-state index contributed by atoms with van der Waals surface area (Å²) < 4.78 is 5.34. The van der Waals surface area contributed by atoms with Crippen LogP contribution in [-0.2, 0) is 14.3 Å². The molecule has 1 saturated heterocycles. The van der Waals surface area contributed by atoms with Crippen molar-refractivity contribution in [1.82, 2.24) is 10.6 Å². The van der Waals surface area contributed by atoms with Crippen molar-refractivity contribution in [2.24, 2.45) is 11.7 Å². The monoisotopic (exact) mass is 293 g/mol. The van der Waals surface area contributed by atoms with Crippen molar-refractivity contribution in [3.8, 4) is 0 Å². The number of hydrogen-bond acceptors (Lipinski definition) is 4. The Labute approximate surface area is 120 Å². The van der Waals surface area contributed by atoms with Crippen LogP contribution in [0.3, 0.4) is 0 Å². The van der Waals surface area contributed by atoms with E-state index in [1.54, 1.807) is 0 Å². The minimum Gasteiger partial charge on any atom is -0.376 e. The third-order valence-electron chi connectivity index (χ3n) is 3.17. The predicted molar refractivity (Wildman–Crippen MR) is 75.0 cm³/mol. The Kier molecular flexibility index (Phi) is 7.97. The standard InChI is InChI=1S/C12H23N3O3.ClH/c1-7(2)11(13)12(17)14-6-10(16)15-9-4-5-18-8(9)3;/h7-9,11H,4-6,13H2,1-3H3,(H,14,17)(H,15,16);1H/t8?,9?,11-;/m0./s1. The molecular weight excluding hydrogens is 270 g/mol. The topological polar surface area (TPSA) is 93.5 Å². The molecule has 1 heterocycles. The van der Waals surface area contributed by atoms with Crippen LogP contribution in [-0.4, -0.2) is 43.2 Å². The summed E-state index contributed by atoms with van der Waals surface area (Å²) in [7, 11) is 0. The molecule has 1 aliphatic heterocycles. The SMILES string of the molecule is CC1OCCC1NC(=O)CNC(=O)[C@@H](N)C(C)C.Cl. The van der Waals surface area contributed by atoms with E-state index in [-0.39, 0.29) is 48.8 Å². The zero-order chi connectivity index (χ0) is 13.7. The Balaban J connectivity index is 0.00000324. The van der Waals surface area contributed by atoms with E-state index in [0.29, 0.717) is 6.61 Å². The number of halogens is 1. The smallest absolute Gasteiger partial charge is 0.239 e. The van der Waals surface area contributed by atoms with E-state index in [0.717, 1.165) is 6.42 Å². The van der Waals surface area contributed by atoms with Gasteiger partial charge in [-0.2, -0.15) is 0 Å². The maximum atomic E-state index is 11.6. The van der Waals surface area contributed by atoms with Crippen LogP contribution in [0.4, 0.5) is 0 Å². The maximum Gasteiger partial charge on any atom is 0.239 e. The molecule has 1 rings (SSSR count). The number of rotatable bonds is 5. The van der Waals surface area contributed by atoms with Crippen LogP contribution in [0.2, 0.25) is 0 Å². The Hall–Kier alpha value is -0.850. The zero-order valence-electron chi connectivity index (χ0n) is 11.6. The first kappa shape index (κ1) is 18.1. The summed E-state index contributed by atoms with van der Waals surface area (Å²) in [6, 6.07) is -0.542. The summed E-state index contributed by atoms with van der Waals surface area (Å²) >= 11 is 0. The summed E-state index contributed by atoms with van der Waals surface area (Å²) in [5.74, 6) is -0.450. The fourth-order valence-corrected chi connectivity index (χ4v) is 1.77. The van der Waals surface area contributed by atoms with Gasteiger partial charge in [-0.15, -0.1) is 12.4 Å². The minimum atomic E-state index is -0.577.